The Labute approximate surface area is 199 Å². The number of aromatic nitrogens is 4. The van der Waals surface area contributed by atoms with E-state index in [0.717, 1.165) is 5.56 Å². The Balaban J connectivity index is 1.90. The molecule has 0 radical (unpaired) electrons. The second kappa shape index (κ2) is 9.83. The first kappa shape index (κ1) is 24.6. The number of nitrogens with zero attached hydrogens (tertiary/aromatic N) is 6. The maximum Gasteiger partial charge on any atom is 0.255 e. The Morgan fingerprint density at radius 2 is 2.00 bits per heavy atom. The van der Waals surface area contributed by atoms with Gasteiger partial charge in [0, 0.05) is 5.56 Å². The van der Waals surface area contributed by atoms with Gasteiger partial charge in [-0.05, 0) is 54.5 Å². The summed E-state index contributed by atoms with van der Waals surface area (Å²) < 4.78 is 1.53. The number of oxime groups is 1. The molecule has 2 N–H and O–H groups in total. The highest BCUT2D eigenvalue weighted by molar-refractivity contribution is 6.04. The lowest BCUT2D eigenvalue weighted by Gasteiger charge is -2.20. The minimum atomic E-state index is -0.342. The van der Waals surface area contributed by atoms with E-state index in [9.17, 15) is 15.3 Å². The summed E-state index contributed by atoms with van der Waals surface area (Å²) in [6, 6.07) is 9.04. The van der Waals surface area contributed by atoms with E-state index in [1.807, 2.05) is 41.5 Å². The van der Waals surface area contributed by atoms with Gasteiger partial charge in [-0.15, -0.1) is 5.10 Å². The third-order valence-electron chi connectivity index (χ3n) is 5.27. The molecule has 0 aliphatic rings. The van der Waals surface area contributed by atoms with Crippen molar-refractivity contribution in [3.8, 4) is 11.8 Å². The van der Waals surface area contributed by atoms with Crippen molar-refractivity contribution in [2.75, 3.05) is 5.32 Å². The van der Waals surface area contributed by atoms with Gasteiger partial charge in [-0.2, -0.15) is 5.26 Å². The van der Waals surface area contributed by atoms with Crippen LogP contribution in [-0.2, 0) is 5.41 Å². The highest BCUT2D eigenvalue weighted by atomic mass is 16.4. The van der Waals surface area contributed by atoms with Crippen LogP contribution in [0.1, 0.15) is 73.9 Å². The number of rotatable bonds is 6. The molecule has 1 aromatic carbocycles. The van der Waals surface area contributed by atoms with Crippen molar-refractivity contribution < 1.29 is 10.0 Å². The van der Waals surface area contributed by atoms with Gasteiger partial charge in [0.15, 0.2) is 0 Å². The maximum absolute atomic E-state index is 13.0. The lowest BCUT2D eigenvalue weighted by atomic mass is 9.85. The van der Waals surface area contributed by atoms with Gasteiger partial charge in [-0.25, -0.2) is 4.68 Å². The van der Waals surface area contributed by atoms with E-state index in [1.165, 1.54) is 4.68 Å². The molecule has 0 fully saturated rings. The Bertz CT molecular complexity index is 1280. The molecule has 3 rings (SSSR count). The number of hydrogen-bond acceptors (Lipinski definition) is 7. The first-order chi connectivity index (χ1) is 16.0. The smallest absolute Gasteiger partial charge is 0.255 e. The van der Waals surface area contributed by atoms with Gasteiger partial charge in [0.2, 0.25) is 0 Å². The highest BCUT2D eigenvalue weighted by Crippen LogP contribution is 2.25. The van der Waals surface area contributed by atoms with E-state index in [2.05, 4.69) is 31.8 Å². The number of hydrogen-bond donors (Lipinski definition) is 2. The second-order valence-corrected chi connectivity index (χ2v) is 9.64. The van der Waals surface area contributed by atoms with Crippen LogP contribution in [0.2, 0.25) is 0 Å². The zero-order chi connectivity index (χ0) is 25.0. The maximum atomic E-state index is 13.0. The Morgan fingerprint density at radius 1 is 1.26 bits per heavy atom. The zero-order valence-electron chi connectivity index (χ0n) is 20.3. The molecule has 0 saturated heterocycles. The first-order valence-electron chi connectivity index (χ1n) is 11.0. The van der Waals surface area contributed by atoms with E-state index in [4.69, 9.17) is 0 Å². The molecule has 0 spiro atoms. The molecule has 176 valence electrons. The third kappa shape index (κ3) is 5.64. The number of carbonyl (C=O) groups is 1. The molecule has 0 saturated carbocycles. The molecule has 0 unspecified atom stereocenters. The summed E-state index contributed by atoms with van der Waals surface area (Å²) in [5, 5.41) is 33.2. The molecule has 1 amide bonds. The second-order valence-electron chi connectivity index (χ2n) is 9.64. The normalized spacial score (nSPS) is 12.0. The summed E-state index contributed by atoms with van der Waals surface area (Å²) >= 11 is 0. The largest absolute Gasteiger partial charge is 0.411 e. The fraction of sp³-hybridized carbons (Fsp3) is 0.360. The van der Waals surface area contributed by atoms with Crippen molar-refractivity contribution in [3.05, 3.63) is 64.7 Å². The summed E-state index contributed by atoms with van der Waals surface area (Å²) in [7, 11) is 0. The van der Waals surface area contributed by atoms with E-state index >= 15 is 0 Å². The lowest BCUT2D eigenvalue weighted by Crippen LogP contribution is -2.17. The number of carbonyl (C=O) groups excluding carboxylic acids is 1. The predicted molar refractivity (Wildman–Crippen MR) is 129 cm³/mol. The summed E-state index contributed by atoms with van der Waals surface area (Å²) in [4.78, 5) is 17.4. The van der Waals surface area contributed by atoms with Crippen molar-refractivity contribution in [2.45, 2.75) is 53.4 Å². The summed E-state index contributed by atoms with van der Waals surface area (Å²) in [5.74, 6) is -0.0542. The highest BCUT2D eigenvalue weighted by Gasteiger charge is 2.19. The average molecular weight is 460 g/mol. The first-order valence-corrected chi connectivity index (χ1v) is 11.0. The minimum absolute atomic E-state index is 0.211. The van der Waals surface area contributed by atoms with Crippen LogP contribution in [0.15, 0.2) is 41.8 Å². The van der Waals surface area contributed by atoms with Gasteiger partial charge in [0.1, 0.15) is 11.4 Å². The lowest BCUT2D eigenvalue weighted by molar-refractivity contribution is 0.102. The van der Waals surface area contributed by atoms with Crippen LogP contribution in [0.25, 0.3) is 5.69 Å². The molecule has 2 heterocycles. The Hall–Kier alpha value is -4.06. The van der Waals surface area contributed by atoms with Gasteiger partial charge in [-0.1, -0.05) is 45.0 Å². The topological polar surface area (TPSA) is 129 Å². The van der Waals surface area contributed by atoms with Crippen LogP contribution in [0.3, 0.4) is 0 Å². The molecule has 0 bridgehead atoms. The van der Waals surface area contributed by atoms with Gasteiger partial charge in [-0.3, -0.25) is 9.78 Å². The number of aryl methyl sites for hydroxylation is 1. The zero-order valence-corrected chi connectivity index (χ0v) is 20.3. The van der Waals surface area contributed by atoms with Crippen LogP contribution in [-0.4, -0.2) is 36.8 Å². The predicted octanol–water partition coefficient (Wildman–Crippen LogP) is 4.62. The van der Waals surface area contributed by atoms with Crippen LogP contribution in [0, 0.1) is 24.2 Å². The molecule has 0 aliphatic carbocycles. The van der Waals surface area contributed by atoms with Crippen molar-refractivity contribution in [1.82, 2.24) is 20.0 Å². The van der Waals surface area contributed by atoms with Gasteiger partial charge in [0.05, 0.1) is 41.1 Å². The van der Waals surface area contributed by atoms with Crippen molar-refractivity contribution in [1.29, 1.82) is 5.26 Å². The van der Waals surface area contributed by atoms with E-state index in [-0.39, 0.29) is 17.2 Å². The number of nitrogens with one attached hydrogen (secondary N) is 1. The monoisotopic (exact) mass is 459 g/mol. The van der Waals surface area contributed by atoms with Gasteiger partial charge >= 0.3 is 0 Å². The van der Waals surface area contributed by atoms with Crippen LogP contribution in [0.5, 0.6) is 0 Å². The number of pyridine rings is 1. The number of nitriles is 1. The molecule has 34 heavy (non-hydrogen) atoms. The standard InChI is InChI=1S/C25H29N7O2/c1-15(2)7-21(30-34)22-14-32(31-29-22)23-11-20(13-27-16(23)3)28-24(33)18-8-17(12-26)9-19(10-18)25(4,5)6/h8-11,13-15,34H,7H2,1-6H3,(H,28,33)/b30-21+. The molecular weight excluding hydrogens is 430 g/mol. The number of anilines is 1. The third-order valence-corrected chi connectivity index (χ3v) is 5.27. The molecule has 0 atom stereocenters. The quantitative estimate of drug-likeness (QED) is 0.314. The molecule has 2 aromatic heterocycles. The summed E-state index contributed by atoms with van der Waals surface area (Å²) in [6.45, 7) is 12.0. The number of amides is 1. The van der Waals surface area contributed by atoms with Crippen molar-refractivity contribution in [2.24, 2.45) is 11.1 Å². The van der Waals surface area contributed by atoms with Crippen LogP contribution < -0.4 is 5.32 Å². The fourth-order valence-electron chi connectivity index (χ4n) is 3.38. The van der Waals surface area contributed by atoms with Crippen molar-refractivity contribution >= 4 is 17.3 Å². The average Bonchev–Trinajstić information content (AvgIpc) is 3.27. The Kier molecular flexibility index (Phi) is 7.11. The molecule has 3 aromatic rings. The van der Waals surface area contributed by atoms with Gasteiger partial charge in [0.25, 0.3) is 5.91 Å². The molecular formula is C25H29N7O2. The van der Waals surface area contributed by atoms with Crippen LogP contribution in [0.4, 0.5) is 5.69 Å². The summed E-state index contributed by atoms with van der Waals surface area (Å²) in [6.07, 6.45) is 3.78. The van der Waals surface area contributed by atoms with Crippen LogP contribution >= 0.6 is 0 Å². The fourth-order valence-corrected chi connectivity index (χ4v) is 3.38. The van der Waals surface area contributed by atoms with Crippen molar-refractivity contribution in [3.63, 3.8) is 0 Å². The van der Waals surface area contributed by atoms with Gasteiger partial charge < -0.3 is 10.5 Å². The van der Waals surface area contributed by atoms with E-state index in [1.54, 1.807) is 36.7 Å². The summed E-state index contributed by atoms with van der Waals surface area (Å²) in [5.41, 5.74) is 4.21. The molecule has 9 heteroatoms. The molecule has 9 nitrogen and oxygen atoms in total. The minimum Gasteiger partial charge on any atom is -0.411 e. The Morgan fingerprint density at radius 3 is 2.62 bits per heavy atom. The van der Waals surface area contributed by atoms with E-state index < -0.39 is 0 Å². The van der Waals surface area contributed by atoms with E-state index in [0.29, 0.717) is 46.0 Å². The molecule has 0 aliphatic heterocycles. The number of benzene rings is 1. The SMILES string of the molecule is Cc1ncc(NC(=O)c2cc(C#N)cc(C(C)(C)C)c2)cc1-n1cc(/C(CC(C)C)=N/O)nn1.